The third-order valence-electron chi connectivity index (χ3n) is 5.26. The number of carboxylic acid groups (broad SMARTS) is 1. The van der Waals surface area contributed by atoms with Crippen molar-refractivity contribution in [2.24, 2.45) is 0 Å². The van der Waals surface area contributed by atoms with E-state index in [1.807, 2.05) is 32.2 Å². The zero-order valence-electron chi connectivity index (χ0n) is 19.2. The first kappa shape index (κ1) is 24.3. The van der Waals surface area contributed by atoms with Crippen molar-refractivity contribution in [3.8, 4) is 17.2 Å². The van der Waals surface area contributed by atoms with Crippen molar-refractivity contribution >= 4 is 12.0 Å². The molecule has 0 atom stereocenters. The highest BCUT2D eigenvalue weighted by Gasteiger charge is 2.22. The molecule has 0 radical (unpaired) electrons. The van der Waals surface area contributed by atoms with Crippen LogP contribution in [-0.4, -0.2) is 36.9 Å². The lowest BCUT2D eigenvalue weighted by atomic mass is 9.97. The highest BCUT2D eigenvalue weighted by molar-refractivity contribution is 5.93. The van der Waals surface area contributed by atoms with Gasteiger partial charge in [-0.25, -0.2) is 4.79 Å². The van der Waals surface area contributed by atoms with Crippen LogP contribution < -0.4 is 14.2 Å². The van der Waals surface area contributed by atoms with Gasteiger partial charge in [-0.2, -0.15) is 0 Å². The SMILES string of the molecule is CCCCOc1c(C)c(OC)c(C)c(/C=C(\CCCc2cccnc2)C(=O)O)c1OC. The van der Waals surface area contributed by atoms with Gasteiger partial charge >= 0.3 is 5.97 Å². The van der Waals surface area contributed by atoms with Crippen molar-refractivity contribution in [2.45, 2.75) is 52.9 Å². The maximum absolute atomic E-state index is 12.0. The first-order chi connectivity index (χ1) is 14.9. The number of hydrogen-bond donors (Lipinski definition) is 1. The first-order valence-electron chi connectivity index (χ1n) is 10.6. The second-order valence-electron chi connectivity index (χ2n) is 7.45. The van der Waals surface area contributed by atoms with E-state index in [4.69, 9.17) is 14.2 Å². The minimum Gasteiger partial charge on any atom is -0.496 e. The van der Waals surface area contributed by atoms with Gasteiger partial charge < -0.3 is 19.3 Å². The average Bonchev–Trinajstić information content (AvgIpc) is 2.76. The molecule has 0 aliphatic heterocycles. The first-order valence-corrected chi connectivity index (χ1v) is 10.6. The molecule has 0 aliphatic carbocycles. The fraction of sp³-hybridized carbons (Fsp3) is 0.440. The maximum atomic E-state index is 12.0. The number of ether oxygens (including phenoxy) is 3. The molecule has 1 aromatic carbocycles. The number of nitrogens with zero attached hydrogens (tertiary/aromatic N) is 1. The predicted molar refractivity (Wildman–Crippen MR) is 122 cm³/mol. The molecule has 0 bridgehead atoms. The zero-order chi connectivity index (χ0) is 22.8. The van der Waals surface area contributed by atoms with Crippen LogP contribution in [0.1, 0.15) is 54.9 Å². The number of methoxy groups -OCH3 is 2. The second-order valence-corrected chi connectivity index (χ2v) is 7.45. The number of hydrogen-bond acceptors (Lipinski definition) is 5. The smallest absolute Gasteiger partial charge is 0.331 e. The van der Waals surface area contributed by atoms with Crippen molar-refractivity contribution < 1.29 is 24.1 Å². The van der Waals surface area contributed by atoms with Gasteiger partial charge in [-0.15, -0.1) is 0 Å². The molecule has 0 fully saturated rings. The number of pyridine rings is 1. The van der Waals surface area contributed by atoms with E-state index in [1.54, 1.807) is 26.5 Å². The van der Waals surface area contributed by atoms with E-state index >= 15 is 0 Å². The van der Waals surface area contributed by atoms with E-state index in [1.165, 1.54) is 0 Å². The predicted octanol–water partition coefficient (Wildman–Crippen LogP) is 5.39. The molecule has 2 aromatic rings. The van der Waals surface area contributed by atoms with E-state index in [9.17, 15) is 9.90 Å². The molecule has 6 heteroatoms. The summed E-state index contributed by atoms with van der Waals surface area (Å²) in [5.41, 5.74) is 3.75. The lowest BCUT2D eigenvalue weighted by Crippen LogP contribution is -2.07. The summed E-state index contributed by atoms with van der Waals surface area (Å²) in [6.07, 6.45) is 9.04. The summed E-state index contributed by atoms with van der Waals surface area (Å²) in [7, 11) is 3.19. The Morgan fingerprint density at radius 1 is 1.10 bits per heavy atom. The molecule has 0 unspecified atom stereocenters. The Bertz CT molecular complexity index is 906. The van der Waals surface area contributed by atoms with Gasteiger partial charge in [-0.3, -0.25) is 4.98 Å². The minimum atomic E-state index is -0.944. The molecule has 1 aromatic heterocycles. The largest absolute Gasteiger partial charge is 0.496 e. The van der Waals surface area contributed by atoms with Gasteiger partial charge in [-0.05, 0) is 57.2 Å². The summed E-state index contributed by atoms with van der Waals surface area (Å²) in [4.78, 5) is 16.1. The average molecular weight is 428 g/mol. The molecule has 2 rings (SSSR count). The molecule has 0 saturated heterocycles. The van der Waals surface area contributed by atoms with Gasteiger partial charge in [-0.1, -0.05) is 19.4 Å². The highest BCUT2D eigenvalue weighted by atomic mass is 16.5. The molecule has 0 saturated carbocycles. The zero-order valence-corrected chi connectivity index (χ0v) is 19.2. The number of aromatic nitrogens is 1. The Morgan fingerprint density at radius 3 is 2.42 bits per heavy atom. The van der Waals surface area contributed by atoms with Gasteiger partial charge in [0.05, 0.1) is 20.8 Å². The van der Waals surface area contributed by atoms with Gasteiger partial charge in [0, 0.05) is 34.7 Å². The quantitative estimate of drug-likeness (QED) is 0.362. The lowest BCUT2D eigenvalue weighted by Gasteiger charge is -2.21. The summed E-state index contributed by atoms with van der Waals surface area (Å²) in [6, 6.07) is 3.88. The number of benzene rings is 1. The highest BCUT2D eigenvalue weighted by Crippen LogP contribution is 2.44. The summed E-state index contributed by atoms with van der Waals surface area (Å²) in [6.45, 7) is 6.49. The standard InChI is InChI=1S/C25H33NO5/c1-6-7-14-31-23-18(3)22(29-4)17(2)21(24(23)30-5)15-20(25(27)28)12-8-10-19-11-9-13-26-16-19/h9,11,13,15-16H,6-8,10,12,14H2,1-5H3,(H,27,28)/b20-15+. The van der Waals surface area contributed by atoms with Gasteiger partial charge in [0.2, 0.25) is 0 Å². The molecule has 168 valence electrons. The molecular formula is C25H33NO5. The second kappa shape index (κ2) is 12.0. The van der Waals surface area contributed by atoms with E-state index in [0.717, 1.165) is 36.0 Å². The topological polar surface area (TPSA) is 77.9 Å². The molecule has 1 N–H and O–H groups in total. The van der Waals surface area contributed by atoms with Gasteiger partial charge in [0.1, 0.15) is 5.75 Å². The van der Waals surface area contributed by atoms with Crippen LogP contribution in [0.3, 0.4) is 0 Å². The van der Waals surface area contributed by atoms with Crippen LogP contribution in [-0.2, 0) is 11.2 Å². The minimum absolute atomic E-state index is 0.315. The Balaban J connectivity index is 2.42. The van der Waals surface area contributed by atoms with Crippen LogP contribution in [0.4, 0.5) is 0 Å². The number of aryl methyl sites for hydroxylation is 1. The Morgan fingerprint density at radius 2 is 1.84 bits per heavy atom. The van der Waals surface area contributed by atoms with E-state index < -0.39 is 5.97 Å². The van der Waals surface area contributed by atoms with Crippen molar-refractivity contribution in [3.63, 3.8) is 0 Å². The molecule has 31 heavy (non-hydrogen) atoms. The summed E-state index contributed by atoms with van der Waals surface area (Å²) in [5, 5.41) is 9.83. The van der Waals surface area contributed by atoms with Crippen LogP contribution in [0.5, 0.6) is 17.2 Å². The summed E-state index contributed by atoms with van der Waals surface area (Å²) >= 11 is 0. The van der Waals surface area contributed by atoms with Crippen LogP contribution in [0.15, 0.2) is 30.1 Å². The molecule has 1 heterocycles. The Labute approximate surface area is 184 Å². The van der Waals surface area contributed by atoms with Crippen molar-refractivity contribution in [2.75, 3.05) is 20.8 Å². The van der Waals surface area contributed by atoms with Gasteiger partial charge in [0.25, 0.3) is 0 Å². The number of aliphatic carboxylic acids is 1. The molecule has 0 amide bonds. The fourth-order valence-electron chi connectivity index (χ4n) is 3.59. The van der Waals surface area contributed by atoms with E-state index in [2.05, 4.69) is 11.9 Å². The van der Waals surface area contributed by atoms with Crippen molar-refractivity contribution in [1.29, 1.82) is 0 Å². The van der Waals surface area contributed by atoms with Crippen LogP contribution in [0.2, 0.25) is 0 Å². The third kappa shape index (κ3) is 6.23. The Kier molecular flexibility index (Phi) is 9.38. The van der Waals surface area contributed by atoms with Crippen LogP contribution in [0.25, 0.3) is 6.08 Å². The van der Waals surface area contributed by atoms with Crippen LogP contribution >= 0.6 is 0 Å². The normalized spacial score (nSPS) is 11.3. The molecule has 0 spiro atoms. The van der Waals surface area contributed by atoms with E-state index in [0.29, 0.717) is 47.8 Å². The van der Waals surface area contributed by atoms with Crippen molar-refractivity contribution in [1.82, 2.24) is 4.98 Å². The number of carbonyl (C=O) groups is 1. The Hall–Kier alpha value is -3.02. The van der Waals surface area contributed by atoms with Crippen LogP contribution in [0, 0.1) is 13.8 Å². The summed E-state index contributed by atoms with van der Waals surface area (Å²) < 4.78 is 17.4. The lowest BCUT2D eigenvalue weighted by molar-refractivity contribution is -0.132. The monoisotopic (exact) mass is 427 g/mol. The van der Waals surface area contributed by atoms with E-state index in [-0.39, 0.29) is 0 Å². The molecule has 0 aliphatic rings. The fourth-order valence-corrected chi connectivity index (χ4v) is 3.59. The van der Waals surface area contributed by atoms with Crippen molar-refractivity contribution in [3.05, 3.63) is 52.4 Å². The third-order valence-corrected chi connectivity index (χ3v) is 5.26. The number of unbranched alkanes of at least 4 members (excludes halogenated alkanes) is 1. The summed E-state index contributed by atoms with van der Waals surface area (Å²) in [5.74, 6) is 0.877. The molecule has 6 nitrogen and oxygen atoms in total. The number of carboxylic acids is 1. The number of rotatable bonds is 12. The van der Waals surface area contributed by atoms with Gasteiger partial charge in [0.15, 0.2) is 11.5 Å². The molecular weight excluding hydrogens is 394 g/mol. The maximum Gasteiger partial charge on any atom is 0.331 e.